The van der Waals surface area contributed by atoms with Gasteiger partial charge in [0.2, 0.25) is 0 Å². The number of hydrogen-bond donors (Lipinski definition) is 1. The van der Waals surface area contributed by atoms with Crippen LogP contribution in [0.1, 0.15) is 16.1 Å². The molecule has 1 N–H and O–H groups in total. The molecule has 2 rings (SSSR count). The van der Waals surface area contributed by atoms with Crippen LogP contribution >= 0.6 is 11.6 Å². The summed E-state index contributed by atoms with van der Waals surface area (Å²) in [5.41, 5.74) is 2.39. The van der Waals surface area contributed by atoms with Gasteiger partial charge in [0.15, 0.2) is 6.29 Å². The monoisotopic (exact) mass is 246 g/mol. The van der Waals surface area contributed by atoms with Gasteiger partial charge in [-0.2, -0.15) is 0 Å². The maximum atomic E-state index is 10.4. The van der Waals surface area contributed by atoms with Crippen molar-refractivity contribution >= 4 is 23.6 Å². The van der Waals surface area contributed by atoms with E-state index in [1.165, 1.54) is 0 Å². The van der Waals surface area contributed by atoms with Gasteiger partial charge in [-0.1, -0.05) is 23.7 Å². The van der Waals surface area contributed by atoms with E-state index in [4.69, 9.17) is 11.6 Å². The SMILES string of the molecule is O=Cc1ccc(NCc2cccc(Cl)c2)cn1. The maximum Gasteiger partial charge on any atom is 0.168 e. The summed E-state index contributed by atoms with van der Waals surface area (Å²) < 4.78 is 0. The average molecular weight is 247 g/mol. The lowest BCUT2D eigenvalue weighted by atomic mass is 10.2. The molecule has 0 amide bonds. The van der Waals surface area contributed by atoms with Crippen LogP contribution in [0.5, 0.6) is 0 Å². The molecule has 0 atom stereocenters. The number of anilines is 1. The smallest absolute Gasteiger partial charge is 0.168 e. The molecule has 0 aliphatic heterocycles. The topological polar surface area (TPSA) is 42.0 Å². The second kappa shape index (κ2) is 5.46. The van der Waals surface area contributed by atoms with Crippen LogP contribution in [0.4, 0.5) is 5.69 Å². The molecule has 3 nitrogen and oxygen atoms in total. The van der Waals surface area contributed by atoms with Crippen molar-refractivity contribution in [2.24, 2.45) is 0 Å². The molecule has 0 saturated carbocycles. The lowest BCUT2D eigenvalue weighted by Gasteiger charge is -2.06. The molecule has 17 heavy (non-hydrogen) atoms. The molecule has 1 aromatic heterocycles. The predicted octanol–water partition coefficient (Wildman–Crippen LogP) is 3.16. The zero-order chi connectivity index (χ0) is 12.1. The van der Waals surface area contributed by atoms with Crippen LogP contribution in [0.25, 0.3) is 0 Å². The number of benzene rings is 1. The van der Waals surface area contributed by atoms with E-state index in [2.05, 4.69) is 10.3 Å². The Bertz CT molecular complexity index is 511. The van der Waals surface area contributed by atoms with Crippen LogP contribution in [0, 0.1) is 0 Å². The molecule has 0 fully saturated rings. The first-order valence-corrected chi connectivity index (χ1v) is 5.55. The van der Waals surface area contributed by atoms with E-state index in [-0.39, 0.29) is 0 Å². The minimum absolute atomic E-state index is 0.429. The predicted molar refractivity (Wildman–Crippen MR) is 68.4 cm³/mol. The number of pyridine rings is 1. The molecule has 2 aromatic rings. The van der Waals surface area contributed by atoms with E-state index >= 15 is 0 Å². The van der Waals surface area contributed by atoms with Gasteiger partial charge in [0.25, 0.3) is 0 Å². The number of carbonyl (C=O) groups is 1. The first-order chi connectivity index (χ1) is 8.28. The number of rotatable bonds is 4. The molecule has 0 unspecified atom stereocenters. The fourth-order valence-electron chi connectivity index (χ4n) is 1.43. The van der Waals surface area contributed by atoms with E-state index in [0.717, 1.165) is 22.6 Å². The third-order valence-corrected chi connectivity index (χ3v) is 2.53. The summed E-state index contributed by atoms with van der Waals surface area (Å²) in [7, 11) is 0. The quantitative estimate of drug-likeness (QED) is 0.843. The van der Waals surface area contributed by atoms with Gasteiger partial charge in [-0.25, -0.2) is 0 Å². The average Bonchev–Trinajstić information content (AvgIpc) is 2.37. The van der Waals surface area contributed by atoms with E-state index in [1.54, 1.807) is 12.3 Å². The van der Waals surface area contributed by atoms with Crippen molar-refractivity contribution in [3.05, 3.63) is 58.9 Å². The van der Waals surface area contributed by atoms with Gasteiger partial charge < -0.3 is 5.32 Å². The van der Waals surface area contributed by atoms with Crippen molar-refractivity contribution in [3.8, 4) is 0 Å². The Morgan fingerprint density at radius 1 is 1.29 bits per heavy atom. The third kappa shape index (κ3) is 3.29. The first kappa shape index (κ1) is 11.6. The second-order valence-electron chi connectivity index (χ2n) is 3.57. The molecular weight excluding hydrogens is 236 g/mol. The normalized spacial score (nSPS) is 9.94. The molecule has 86 valence electrons. The van der Waals surface area contributed by atoms with Crippen molar-refractivity contribution < 1.29 is 4.79 Å². The Morgan fingerprint density at radius 2 is 2.18 bits per heavy atom. The largest absolute Gasteiger partial charge is 0.380 e. The number of aromatic nitrogens is 1. The Labute approximate surface area is 104 Å². The highest BCUT2D eigenvalue weighted by molar-refractivity contribution is 6.30. The molecule has 1 heterocycles. The number of nitrogens with zero attached hydrogens (tertiary/aromatic N) is 1. The third-order valence-electron chi connectivity index (χ3n) is 2.29. The molecule has 0 aliphatic rings. The maximum absolute atomic E-state index is 10.4. The lowest BCUT2D eigenvalue weighted by molar-refractivity contribution is 0.111. The Hall–Kier alpha value is -1.87. The molecule has 0 spiro atoms. The van der Waals surface area contributed by atoms with Gasteiger partial charge in [0.05, 0.1) is 11.9 Å². The number of hydrogen-bond acceptors (Lipinski definition) is 3. The molecule has 0 aliphatic carbocycles. The van der Waals surface area contributed by atoms with Crippen LogP contribution in [0.3, 0.4) is 0 Å². The molecular formula is C13H11ClN2O. The van der Waals surface area contributed by atoms with Crippen molar-refractivity contribution in [2.45, 2.75) is 6.54 Å². The van der Waals surface area contributed by atoms with Gasteiger partial charge in [0, 0.05) is 11.6 Å². The van der Waals surface area contributed by atoms with E-state index in [1.807, 2.05) is 30.3 Å². The number of halogens is 1. The van der Waals surface area contributed by atoms with Crippen molar-refractivity contribution in [2.75, 3.05) is 5.32 Å². The van der Waals surface area contributed by atoms with Crippen molar-refractivity contribution in [3.63, 3.8) is 0 Å². The zero-order valence-corrected chi connectivity index (χ0v) is 9.82. The summed E-state index contributed by atoms with van der Waals surface area (Å²) in [6.07, 6.45) is 2.36. The van der Waals surface area contributed by atoms with E-state index in [9.17, 15) is 4.79 Å². The molecule has 4 heteroatoms. The Kier molecular flexibility index (Phi) is 3.73. The molecule has 0 radical (unpaired) electrons. The Morgan fingerprint density at radius 3 is 2.82 bits per heavy atom. The van der Waals surface area contributed by atoms with Crippen LogP contribution in [0.2, 0.25) is 5.02 Å². The zero-order valence-electron chi connectivity index (χ0n) is 9.06. The summed E-state index contributed by atoms with van der Waals surface area (Å²) in [5.74, 6) is 0. The highest BCUT2D eigenvalue weighted by atomic mass is 35.5. The van der Waals surface area contributed by atoms with Gasteiger partial charge in [-0.05, 0) is 29.8 Å². The molecule has 1 aromatic carbocycles. The van der Waals surface area contributed by atoms with Gasteiger partial charge >= 0.3 is 0 Å². The fraction of sp³-hybridized carbons (Fsp3) is 0.0769. The second-order valence-corrected chi connectivity index (χ2v) is 4.01. The summed E-state index contributed by atoms with van der Waals surface area (Å²) in [5, 5.41) is 3.92. The highest BCUT2D eigenvalue weighted by Crippen LogP contribution is 2.12. The summed E-state index contributed by atoms with van der Waals surface area (Å²) >= 11 is 5.89. The van der Waals surface area contributed by atoms with Crippen LogP contribution in [-0.4, -0.2) is 11.3 Å². The van der Waals surface area contributed by atoms with Gasteiger partial charge in [-0.3, -0.25) is 9.78 Å². The number of nitrogens with one attached hydrogen (secondary N) is 1. The lowest BCUT2D eigenvalue weighted by Crippen LogP contribution is -2.00. The standard InChI is InChI=1S/C13H11ClN2O/c14-11-3-1-2-10(6-11)7-15-12-4-5-13(9-17)16-8-12/h1-6,8-9,15H,7H2. The summed E-state index contributed by atoms with van der Waals surface area (Å²) in [4.78, 5) is 14.4. The van der Waals surface area contributed by atoms with Crippen LogP contribution < -0.4 is 5.32 Å². The minimum Gasteiger partial charge on any atom is -0.380 e. The Balaban J connectivity index is 1.99. The molecule has 0 saturated heterocycles. The summed E-state index contributed by atoms with van der Waals surface area (Å²) in [6, 6.07) is 11.1. The minimum atomic E-state index is 0.429. The highest BCUT2D eigenvalue weighted by Gasteiger charge is 1.96. The van der Waals surface area contributed by atoms with Crippen LogP contribution in [-0.2, 0) is 6.54 Å². The van der Waals surface area contributed by atoms with Crippen LogP contribution in [0.15, 0.2) is 42.6 Å². The fourth-order valence-corrected chi connectivity index (χ4v) is 1.64. The number of aldehydes is 1. The van der Waals surface area contributed by atoms with Gasteiger partial charge in [-0.15, -0.1) is 0 Å². The van der Waals surface area contributed by atoms with Crippen molar-refractivity contribution in [1.82, 2.24) is 4.98 Å². The van der Waals surface area contributed by atoms with Crippen molar-refractivity contribution in [1.29, 1.82) is 0 Å². The van der Waals surface area contributed by atoms with E-state index in [0.29, 0.717) is 12.2 Å². The van der Waals surface area contributed by atoms with E-state index < -0.39 is 0 Å². The first-order valence-electron chi connectivity index (χ1n) is 5.17. The number of carbonyl (C=O) groups excluding carboxylic acids is 1. The summed E-state index contributed by atoms with van der Waals surface area (Å²) in [6.45, 7) is 0.669. The molecule has 0 bridgehead atoms. The van der Waals surface area contributed by atoms with Gasteiger partial charge in [0.1, 0.15) is 5.69 Å².